The molecule has 1 aliphatic rings. The summed E-state index contributed by atoms with van der Waals surface area (Å²) in [6.07, 6.45) is 0.964. The van der Waals surface area contributed by atoms with Gasteiger partial charge in [0.2, 0.25) is 5.91 Å². The summed E-state index contributed by atoms with van der Waals surface area (Å²) in [7, 11) is 1.80. The van der Waals surface area contributed by atoms with Crippen molar-refractivity contribution in [3.8, 4) is 0 Å². The van der Waals surface area contributed by atoms with Gasteiger partial charge in [-0.15, -0.1) is 0 Å². The Morgan fingerprint density at radius 2 is 2.27 bits per heavy atom. The monoisotopic (exact) mass is 204 g/mol. The van der Waals surface area contributed by atoms with Crippen molar-refractivity contribution < 1.29 is 4.79 Å². The van der Waals surface area contributed by atoms with Crippen molar-refractivity contribution in [3.05, 3.63) is 29.8 Å². The van der Waals surface area contributed by atoms with Gasteiger partial charge in [0, 0.05) is 11.7 Å². The third kappa shape index (κ3) is 1.75. The molecule has 0 bridgehead atoms. The zero-order chi connectivity index (χ0) is 10.8. The summed E-state index contributed by atoms with van der Waals surface area (Å²) < 4.78 is 0. The number of fused-ring (bicyclic) bond motifs is 1. The van der Waals surface area contributed by atoms with Crippen molar-refractivity contribution in [3.63, 3.8) is 0 Å². The molecule has 0 saturated heterocycles. The first-order chi connectivity index (χ1) is 7.24. The molecule has 1 atom stereocenters. The molecule has 1 aromatic carbocycles. The first kappa shape index (κ1) is 10.2. The van der Waals surface area contributed by atoms with Crippen LogP contribution in [-0.2, 0) is 11.2 Å². The molecule has 3 nitrogen and oxygen atoms in total. The van der Waals surface area contributed by atoms with Crippen molar-refractivity contribution in [1.29, 1.82) is 0 Å². The SMILES string of the molecule is CNCC(=O)N1c2ccccc2CC1C. The maximum absolute atomic E-state index is 11.9. The van der Waals surface area contributed by atoms with Crippen LogP contribution >= 0.6 is 0 Å². The topological polar surface area (TPSA) is 32.3 Å². The Morgan fingerprint density at radius 3 is 3.00 bits per heavy atom. The van der Waals surface area contributed by atoms with Crippen molar-refractivity contribution in [2.45, 2.75) is 19.4 Å². The fraction of sp³-hybridized carbons (Fsp3) is 0.417. The van der Waals surface area contributed by atoms with Crippen LogP contribution in [0, 0.1) is 0 Å². The molecule has 1 amide bonds. The van der Waals surface area contributed by atoms with Gasteiger partial charge in [-0.05, 0) is 32.0 Å². The maximum atomic E-state index is 11.9. The number of hydrogen-bond acceptors (Lipinski definition) is 2. The summed E-state index contributed by atoms with van der Waals surface area (Å²) in [5.41, 5.74) is 2.35. The lowest BCUT2D eigenvalue weighted by atomic mass is 10.1. The van der Waals surface area contributed by atoms with Gasteiger partial charge < -0.3 is 10.2 Å². The molecule has 0 radical (unpaired) electrons. The van der Waals surface area contributed by atoms with Gasteiger partial charge in [-0.25, -0.2) is 0 Å². The lowest BCUT2D eigenvalue weighted by molar-refractivity contribution is -0.118. The number of carbonyl (C=O) groups excluding carboxylic acids is 1. The van der Waals surface area contributed by atoms with Gasteiger partial charge in [-0.1, -0.05) is 18.2 Å². The highest BCUT2D eigenvalue weighted by molar-refractivity contribution is 5.97. The Balaban J connectivity index is 2.29. The molecule has 1 N–H and O–H groups in total. The van der Waals surface area contributed by atoms with E-state index in [1.165, 1.54) is 5.56 Å². The molecule has 1 heterocycles. The third-order valence-corrected chi connectivity index (χ3v) is 2.80. The van der Waals surface area contributed by atoms with Crippen LogP contribution in [0.25, 0.3) is 0 Å². The molecule has 1 aromatic rings. The lowest BCUT2D eigenvalue weighted by Crippen LogP contribution is -2.40. The van der Waals surface area contributed by atoms with Crippen LogP contribution in [0.4, 0.5) is 5.69 Å². The number of hydrogen-bond donors (Lipinski definition) is 1. The summed E-state index contributed by atoms with van der Waals surface area (Å²) >= 11 is 0. The number of likely N-dealkylation sites (N-methyl/N-ethyl adjacent to an activating group) is 1. The van der Waals surface area contributed by atoms with E-state index in [1.807, 2.05) is 23.1 Å². The second kappa shape index (κ2) is 4.03. The van der Waals surface area contributed by atoms with Gasteiger partial charge in [-0.3, -0.25) is 4.79 Å². The van der Waals surface area contributed by atoms with Crippen LogP contribution in [0.3, 0.4) is 0 Å². The minimum absolute atomic E-state index is 0.148. The predicted molar refractivity (Wildman–Crippen MR) is 61.0 cm³/mol. The van der Waals surface area contributed by atoms with Crippen LogP contribution in [-0.4, -0.2) is 25.5 Å². The number of amides is 1. The molecule has 15 heavy (non-hydrogen) atoms. The van der Waals surface area contributed by atoms with E-state index in [9.17, 15) is 4.79 Å². The van der Waals surface area contributed by atoms with E-state index in [0.717, 1.165) is 12.1 Å². The van der Waals surface area contributed by atoms with Gasteiger partial charge in [0.1, 0.15) is 0 Å². The fourth-order valence-electron chi connectivity index (χ4n) is 2.18. The average molecular weight is 204 g/mol. The van der Waals surface area contributed by atoms with Gasteiger partial charge in [0.15, 0.2) is 0 Å². The van der Waals surface area contributed by atoms with Crippen molar-refractivity contribution in [2.75, 3.05) is 18.5 Å². The molecule has 0 spiro atoms. The Bertz CT molecular complexity index is 376. The number of nitrogens with one attached hydrogen (secondary N) is 1. The summed E-state index contributed by atoms with van der Waals surface area (Å²) in [5, 5.41) is 2.90. The molecule has 3 heteroatoms. The molecule has 80 valence electrons. The second-order valence-corrected chi connectivity index (χ2v) is 3.98. The van der Waals surface area contributed by atoms with E-state index in [4.69, 9.17) is 0 Å². The summed E-state index contributed by atoms with van der Waals surface area (Å²) in [5.74, 6) is 0.148. The number of nitrogens with zero attached hydrogens (tertiary/aromatic N) is 1. The normalized spacial score (nSPS) is 19.1. The van der Waals surface area contributed by atoms with E-state index in [0.29, 0.717) is 6.54 Å². The first-order valence-electron chi connectivity index (χ1n) is 5.28. The smallest absolute Gasteiger partial charge is 0.241 e. The number of para-hydroxylation sites is 1. The Hall–Kier alpha value is -1.35. The van der Waals surface area contributed by atoms with Gasteiger partial charge in [0.05, 0.1) is 6.54 Å². The molecule has 0 aromatic heterocycles. The van der Waals surface area contributed by atoms with Crippen LogP contribution < -0.4 is 10.2 Å². The second-order valence-electron chi connectivity index (χ2n) is 3.98. The molecule has 0 aliphatic carbocycles. The summed E-state index contributed by atoms with van der Waals surface area (Å²) in [6.45, 7) is 2.49. The van der Waals surface area contributed by atoms with Crippen LogP contribution in [0.5, 0.6) is 0 Å². The van der Waals surface area contributed by atoms with Crippen molar-refractivity contribution in [2.24, 2.45) is 0 Å². The van der Waals surface area contributed by atoms with Crippen molar-refractivity contribution in [1.82, 2.24) is 5.32 Å². The molecule has 1 unspecified atom stereocenters. The van der Waals surface area contributed by atoms with Gasteiger partial charge in [0.25, 0.3) is 0 Å². The average Bonchev–Trinajstić information content (AvgIpc) is 2.54. The maximum Gasteiger partial charge on any atom is 0.241 e. The Morgan fingerprint density at radius 1 is 1.53 bits per heavy atom. The highest BCUT2D eigenvalue weighted by Crippen LogP contribution is 2.31. The van der Waals surface area contributed by atoms with E-state index < -0.39 is 0 Å². The predicted octanol–water partition coefficient (Wildman–Crippen LogP) is 1.18. The number of rotatable bonds is 2. The van der Waals surface area contributed by atoms with Crippen LogP contribution in [0.15, 0.2) is 24.3 Å². The minimum Gasteiger partial charge on any atom is -0.311 e. The molecule has 1 aliphatic heterocycles. The highest BCUT2D eigenvalue weighted by Gasteiger charge is 2.29. The zero-order valence-corrected chi connectivity index (χ0v) is 9.16. The van der Waals surface area contributed by atoms with E-state index in [-0.39, 0.29) is 11.9 Å². The van der Waals surface area contributed by atoms with E-state index in [2.05, 4.69) is 18.3 Å². The van der Waals surface area contributed by atoms with E-state index >= 15 is 0 Å². The number of benzene rings is 1. The standard InChI is InChI=1S/C12H16N2O/c1-9-7-10-5-3-4-6-11(10)14(9)12(15)8-13-2/h3-6,9,13H,7-8H2,1-2H3. The lowest BCUT2D eigenvalue weighted by Gasteiger charge is -2.22. The Kier molecular flexibility index (Phi) is 2.73. The van der Waals surface area contributed by atoms with Crippen LogP contribution in [0.1, 0.15) is 12.5 Å². The molecular weight excluding hydrogens is 188 g/mol. The summed E-state index contributed by atoms with van der Waals surface area (Å²) in [6, 6.07) is 8.40. The third-order valence-electron chi connectivity index (χ3n) is 2.80. The number of anilines is 1. The summed E-state index contributed by atoms with van der Waals surface area (Å²) in [4.78, 5) is 13.8. The van der Waals surface area contributed by atoms with E-state index in [1.54, 1.807) is 7.05 Å². The quantitative estimate of drug-likeness (QED) is 0.784. The van der Waals surface area contributed by atoms with Crippen LogP contribution in [0.2, 0.25) is 0 Å². The molecular formula is C12H16N2O. The fourth-order valence-corrected chi connectivity index (χ4v) is 2.18. The Labute approximate surface area is 90.1 Å². The zero-order valence-electron chi connectivity index (χ0n) is 9.16. The van der Waals surface area contributed by atoms with Crippen molar-refractivity contribution >= 4 is 11.6 Å². The highest BCUT2D eigenvalue weighted by atomic mass is 16.2. The molecule has 2 rings (SSSR count). The van der Waals surface area contributed by atoms with Gasteiger partial charge >= 0.3 is 0 Å². The number of carbonyl (C=O) groups is 1. The van der Waals surface area contributed by atoms with Gasteiger partial charge in [-0.2, -0.15) is 0 Å². The minimum atomic E-state index is 0.148. The first-order valence-corrected chi connectivity index (χ1v) is 5.28. The molecule has 0 fully saturated rings. The largest absolute Gasteiger partial charge is 0.311 e. The molecule has 0 saturated carbocycles.